The van der Waals surface area contributed by atoms with Crippen molar-refractivity contribution in [2.45, 2.75) is 50.2 Å². The summed E-state index contributed by atoms with van der Waals surface area (Å²) in [6, 6.07) is 13.4. The van der Waals surface area contributed by atoms with Crippen LogP contribution in [0.3, 0.4) is 0 Å². The third-order valence-electron chi connectivity index (χ3n) is 8.74. The van der Waals surface area contributed by atoms with Crippen molar-refractivity contribution in [2.24, 2.45) is 0 Å². The Balaban J connectivity index is 1.34. The number of aromatic nitrogens is 2. The first-order chi connectivity index (χ1) is 21.2. The number of halogens is 3. The molecule has 230 valence electrons. The SMILES string of the molecule is C=C(F)C(=O)N1CCN(c2nc(OC[C@@H]3C[C@@H](F)CN3C)nc3c2COC(c2cccc4cccc(Cl)c24)C3)C[C@@H]1CC#N. The van der Waals surface area contributed by atoms with Gasteiger partial charge in [0.1, 0.15) is 18.6 Å². The number of hydrogen-bond donors (Lipinski definition) is 0. The largest absolute Gasteiger partial charge is 0.462 e. The molecule has 1 aromatic heterocycles. The number of likely N-dealkylation sites (N-methyl/N-ethyl adjacent to an activating group) is 1. The molecule has 0 aliphatic carbocycles. The summed E-state index contributed by atoms with van der Waals surface area (Å²) in [6.07, 6.45) is -0.409. The molecule has 12 heteroatoms. The van der Waals surface area contributed by atoms with Crippen molar-refractivity contribution in [1.29, 1.82) is 5.26 Å². The van der Waals surface area contributed by atoms with E-state index in [1.54, 1.807) is 0 Å². The van der Waals surface area contributed by atoms with E-state index < -0.39 is 23.9 Å². The second-order valence-electron chi connectivity index (χ2n) is 11.5. The highest BCUT2D eigenvalue weighted by atomic mass is 35.5. The second kappa shape index (κ2) is 12.6. The Morgan fingerprint density at radius 1 is 1.20 bits per heavy atom. The Labute approximate surface area is 259 Å². The van der Waals surface area contributed by atoms with E-state index in [1.807, 2.05) is 53.2 Å². The highest BCUT2D eigenvalue weighted by Gasteiger charge is 2.36. The molecule has 6 rings (SSSR count). The number of alkyl halides is 1. The maximum absolute atomic E-state index is 14.0. The number of carbonyl (C=O) groups is 1. The molecule has 0 radical (unpaired) electrons. The summed E-state index contributed by atoms with van der Waals surface area (Å²) in [6.45, 7) is 4.74. The van der Waals surface area contributed by atoms with Gasteiger partial charge in [0.15, 0.2) is 5.83 Å². The van der Waals surface area contributed by atoms with Crippen LogP contribution in [0.2, 0.25) is 5.02 Å². The fourth-order valence-corrected chi connectivity index (χ4v) is 6.77. The minimum Gasteiger partial charge on any atom is -0.462 e. The number of anilines is 1. The van der Waals surface area contributed by atoms with E-state index >= 15 is 0 Å². The molecule has 2 saturated heterocycles. The minimum absolute atomic E-state index is 0.0188. The van der Waals surface area contributed by atoms with Crippen molar-refractivity contribution in [3.8, 4) is 12.1 Å². The summed E-state index contributed by atoms with van der Waals surface area (Å²) >= 11 is 6.63. The number of piperazine rings is 1. The predicted octanol–water partition coefficient (Wildman–Crippen LogP) is 4.93. The Morgan fingerprint density at radius 2 is 2.00 bits per heavy atom. The number of hydrogen-bond acceptors (Lipinski definition) is 8. The molecule has 4 heterocycles. The number of benzene rings is 2. The Hall–Kier alpha value is -3.85. The summed E-state index contributed by atoms with van der Waals surface area (Å²) in [5.74, 6) is -1.29. The lowest BCUT2D eigenvalue weighted by Crippen LogP contribution is -2.55. The van der Waals surface area contributed by atoms with Crippen LogP contribution < -0.4 is 9.64 Å². The summed E-state index contributed by atoms with van der Waals surface area (Å²) in [4.78, 5) is 27.3. The van der Waals surface area contributed by atoms with Crippen LogP contribution in [-0.4, -0.2) is 83.8 Å². The van der Waals surface area contributed by atoms with Crippen molar-refractivity contribution >= 4 is 34.1 Å². The smallest absolute Gasteiger partial charge is 0.318 e. The first-order valence-electron chi connectivity index (χ1n) is 14.7. The molecule has 0 spiro atoms. The highest BCUT2D eigenvalue weighted by Crippen LogP contribution is 2.39. The molecule has 0 saturated carbocycles. The van der Waals surface area contributed by atoms with Gasteiger partial charge in [0.2, 0.25) is 0 Å². The van der Waals surface area contributed by atoms with Gasteiger partial charge in [-0.1, -0.05) is 48.5 Å². The third kappa shape index (κ3) is 5.94. The van der Waals surface area contributed by atoms with Crippen molar-refractivity contribution in [3.05, 3.63) is 70.6 Å². The Morgan fingerprint density at radius 3 is 2.73 bits per heavy atom. The molecule has 2 aromatic carbocycles. The van der Waals surface area contributed by atoms with Crippen molar-refractivity contribution in [3.63, 3.8) is 0 Å². The average Bonchev–Trinajstić information content (AvgIpc) is 3.35. The van der Waals surface area contributed by atoms with Gasteiger partial charge in [0.25, 0.3) is 5.91 Å². The monoisotopic (exact) mass is 622 g/mol. The van der Waals surface area contributed by atoms with E-state index in [0.717, 1.165) is 27.6 Å². The van der Waals surface area contributed by atoms with Crippen molar-refractivity contribution in [2.75, 3.05) is 44.7 Å². The van der Waals surface area contributed by atoms with Gasteiger partial charge >= 0.3 is 6.01 Å². The summed E-state index contributed by atoms with van der Waals surface area (Å²) in [5.41, 5.74) is 2.49. The molecule has 0 N–H and O–H groups in total. The minimum atomic E-state index is -1.06. The molecule has 3 aromatic rings. The van der Waals surface area contributed by atoms with Crippen LogP contribution in [0.1, 0.15) is 35.8 Å². The summed E-state index contributed by atoms with van der Waals surface area (Å²) < 4.78 is 40.3. The molecular formula is C32H33ClF2N6O3. The highest BCUT2D eigenvalue weighted by molar-refractivity contribution is 6.35. The van der Waals surface area contributed by atoms with E-state index in [2.05, 4.69) is 12.6 Å². The van der Waals surface area contributed by atoms with E-state index in [0.29, 0.717) is 36.8 Å². The van der Waals surface area contributed by atoms with E-state index in [4.69, 9.17) is 31.0 Å². The Kier molecular flexibility index (Phi) is 8.67. The van der Waals surface area contributed by atoms with Crippen LogP contribution >= 0.6 is 11.6 Å². The van der Waals surface area contributed by atoms with Crippen molar-refractivity contribution < 1.29 is 23.0 Å². The predicted molar refractivity (Wildman–Crippen MR) is 162 cm³/mol. The number of amides is 1. The summed E-state index contributed by atoms with van der Waals surface area (Å²) in [5, 5.41) is 12.0. The van der Waals surface area contributed by atoms with Crippen molar-refractivity contribution in [1.82, 2.24) is 19.8 Å². The van der Waals surface area contributed by atoms with Gasteiger partial charge in [-0.15, -0.1) is 0 Å². The zero-order valence-electron chi connectivity index (χ0n) is 24.4. The molecule has 1 amide bonds. The second-order valence-corrected chi connectivity index (χ2v) is 12.0. The Bertz CT molecular complexity index is 1630. The van der Waals surface area contributed by atoms with Crippen LogP contribution in [0.15, 0.2) is 48.8 Å². The zero-order chi connectivity index (χ0) is 31.0. The first-order valence-corrected chi connectivity index (χ1v) is 15.0. The molecule has 3 aliphatic rings. The van der Waals surface area contributed by atoms with Gasteiger partial charge in [0, 0.05) is 54.6 Å². The number of rotatable bonds is 7. The number of fused-ring (bicyclic) bond motifs is 2. The quantitative estimate of drug-likeness (QED) is 0.343. The number of carbonyl (C=O) groups excluding carboxylic acids is 1. The fourth-order valence-electron chi connectivity index (χ4n) is 6.48. The molecule has 44 heavy (non-hydrogen) atoms. The number of likely N-dealkylation sites (tertiary alicyclic amines) is 1. The van der Waals surface area contributed by atoms with Gasteiger partial charge in [-0.25, -0.2) is 8.78 Å². The lowest BCUT2D eigenvalue weighted by molar-refractivity contribution is -0.131. The maximum atomic E-state index is 14.0. The van der Waals surface area contributed by atoms with Gasteiger partial charge in [-0.3, -0.25) is 9.69 Å². The third-order valence-corrected chi connectivity index (χ3v) is 9.05. The molecule has 9 nitrogen and oxygen atoms in total. The van der Waals surface area contributed by atoms with E-state index in [-0.39, 0.29) is 50.9 Å². The van der Waals surface area contributed by atoms with Crippen LogP contribution in [0, 0.1) is 11.3 Å². The topological polar surface area (TPSA) is 94.8 Å². The van der Waals surface area contributed by atoms with Crippen LogP contribution in [0.4, 0.5) is 14.6 Å². The van der Waals surface area contributed by atoms with Gasteiger partial charge in [-0.05, 0) is 30.5 Å². The number of ether oxygens (including phenoxy) is 2. The molecule has 4 atom stereocenters. The summed E-state index contributed by atoms with van der Waals surface area (Å²) in [7, 11) is 1.87. The normalized spacial score (nSPS) is 23.8. The zero-order valence-corrected chi connectivity index (χ0v) is 25.1. The number of nitrogens with zero attached hydrogens (tertiary/aromatic N) is 6. The van der Waals surface area contributed by atoms with E-state index in [1.165, 1.54) is 4.90 Å². The molecule has 2 fully saturated rings. The van der Waals surface area contributed by atoms with Gasteiger partial charge in [0.05, 0.1) is 36.9 Å². The molecule has 1 unspecified atom stereocenters. The van der Waals surface area contributed by atoms with E-state index in [9.17, 15) is 18.8 Å². The lowest BCUT2D eigenvalue weighted by Gasteiger charge is -2.42. The average molecular weight is 623 g/mol. The molecule has 0 bridgehead atoms. The van der Waals surface area contributed by atoms with Gasteiger partial charge < -0.3 is 19.3 Å². The maximum Gasteiger partial charge on any atom is 0.318 e. The standard InChI is InChI=1S/C32H33ClF2N6O3/c1-19(34)31(42)41-12-11-40(16-22(41)9-10-36)30-25-18-43-28(24-7-3-5-20-6-4-8-26(33)29(20)24)14-27(25)37-32(38-30)44-17-23-13-21(35)15-39(23)2/h3-8,21-23,28H,1,9,11-18H2,2H3/t21-,22+,23+,28?/m1/s1. The molecule has 3 aliphatic heterocycles. The first kappa shape index (κ1) is 30.2. The lowest BCUT2D eigenvalue weighted by atomic mass is 9.94. The van der Waals surface area contributed by atoms with Crippen LogP contribution in [0.25, 0.3) is 10.8 Å². The van der Waals surface area contributed by atoms with Gasteiger partial charge in [-0.2, -0.15) is 15.2 Å². The number of nitriles is 1. The fraction of sp³-hybridized carbons (Fsp3) is 0.438. The molecular weight excluding hydrogens is 590 g/mol. The van der Waals surface area contributed by atoms with Crippen LogP contribution in [0.5, 0.6) is 6.01 Å². The van der Waals surface area contributed by atoms with Crippen LogP contribution in [-0.2, 0) is 22.6 Å².